The molecule has 5 rings (SSSR count). The van der Waals surface area contributed by atoms with Gasteiger partial charge in [0.25, 0.3) is 0 Å². The highest BCUT2D eigenvalue weighted by Crippen LogP contribution is 2.73. The predicted octanol–water partition coefficient (Wildman–Crippen LogP) is 0.694. The van der Waals surface area contributed by atoms with Crippen molar-refractivity contribution in [1.82, 2.24) is 0 Å². The molecule has 0 radical (unpaired) electrons. The van der Waals surface area contributed by atoms with Crippen LogP contribution in [0.25, 0.3) is 0 Å². The third kappa shape index (κ3) is 3.76. The first-order chi connectivity index (χ1) is 18.5. The Balaban J connectivity index is 1.52. The lowest BCUT2D eigenvalue weighted by Gasteiger charge is -2.64. The number of hydrogen-bond donors (Lipinski definition) is 5. The molecule has 40 heavy (non-hydrogen) atoms. The largest absolute Gasteiger partial charge is 0.394 e. The Morgan fingerprint density at radius 2 is 1.68 bits per heavy atom. The lowest BCUT2D eigenvalue weighted by Crippen LogP contribution is -2.65. The molecule has 5 N–H and O–H groups in total. The Labute approximate surface area is 234 Å². The SMILES string of the molecule is CC(=O)C1C(O)CC2(C)C3CC=C4C(CC(OC5OC(CO)C(O)C(O)C5O)C(=O)C4(C)C)C3(C)C(=O)CC12C. The molecule has 13 unspecified atom stereocenters. The van der Waals surface area contributed by atoms with Crippen molar-refractivity contribution in [3.63, 3.8) is 0 Å². The van der Waals surface area contributed by atoms with Gasteiger partial charge in [0.15, 0.2) is 12.1 Å². The first-order valence-electron chi connectivity index (χ1n) is 14.4. The van der Waals surface area contributed by atoms with Crippen LogP contribution in [0.3, 0.4) is 0 Å². The van der Waals surface area contributed by atoms with E-state index in [1.807, 2.05) is 13.8 Å². The van der Waals surface area contributed by atoms with Gasteiger partial charge < -0.3 is 35.0 Å². The molecule has 4 aliphatic carbocycles. The van der Waals surface area contributed by atoms with Crippen molar-refractivity contribution in [2.45, 2.75) is 110 Å². The second-order valence-corrected chi connectivity index (χ2v) is 14.1. The van der Waals surface area contributed by atoms with Crippen LogP contribution in [0.5, 0.6) is 0 Å². The second kappa shape index (κ2) is 9.49. The summed E-state index contributed by atoms with van der Waals surface area (Å²) in [5.41, 5.74) is -2.22. The van der Waals surface area contributed by atoms with Crippen LogP contribution in [-0.4, -0.2) is 92.4 Å². The fourth-order valence-electron chi connectivity index (χ4n) is 9.56. The van der Waals surface area contributed by atoms with Gasteiger partial charge in [0.2, 0.25) is 0 Å². The molecule has 1 heterocycles. The molecular formula is C30H44O10. The van der Waals surface area contributed by atoms with Gasteiger partial charge in [0, 0.05) is 23.2 Å². The Bertz CT molecular complexity index is 1130. The summed E-state index contributed by atoms with van der Waals surface area (Å²) in [4.78, 5) is 40.7. The van der Waals surface area contributed by atoms with Crippen LogP contribution in [0.15, 0.2) is 11.6 Å². The van der Waals surface area contributed by atoms with Gasteiger partial charge in [0.05, 0.1) is 12.7 Å². The van der Waals surface area contributed by atoms with Gasteiger partial charge in [-0.15, -0.1) is 0 Å². The summed E-state index contributed by atoms with van der Waals surface area (Å²) in [6, 6.07) is 0. The van der Waals surface area contributed by atoms with Crippen LogP contribution in [-0.2, 0) is 23.9 Å². The van der Waals surface area contributed by atoms with E-state index < -0.39 is 77.1 Å². The van der Waals surface area contributed by atoms with Gasteiger partial charge in [-0.3, -0.25) is 14.4 Å². The van der Waals surface area contributed by atoms with E-state index >= 15 is 0 Å². The maximum absolute atomic E-state index is 14.3. The molecule has 3 saturated carbocycles. The zero-order chi connectivity index (χ0) is 29.7. The van der Waals surface area contributed by atoms with Crippen molar-refractivity contribution in [2.75, 3.05) is 6.61 Å². The van der Waals surface area contributed by atoms with Crippen molar-refractivity contribution in [3.05, 3.63) is 11.6 Å². The highest BCUT2D eigenvalue weighted by atomic mass is 16.7. The van der Waals surface area contributed by atoms with Gasteiger partial charge in [-0.1, -0.05) is 32.4 Å². The first-order valence-corrected chi connectivity index (χ1v) is 14.4. The normalized spacial score (nSPS) is 51.9. The molecule has 0 amide bonds. The Morgan fingerprint density at radius 3 is 2.27 bits per heavy atom. The van der Waals surface area contributed by atoms with E-state index in [4.69, 9.17) is 9.47 Å². The molecule has 0 aromatic rings. The third-order valence-corrected chi connectivity index (χ3v) is 12.0. The van der Waals surface area contributed by atoms with E-state index in [0.717, 1.165) is 5.57 Å². The molecule has 5 aliphatic rings. The zero-order valence-electron chi connectivity index (χ0n) is 24.2. The Hall–Kier alpha value is -1.53. The van der Waals surface area contributed by atoms with E-state index in [2.05, 4.69) is 13.0 Å². The minimum atomic E-state index is -1.65. The van der Waals surface area contributed by atoms with E-state index in [9.17, 15) is 39.9 Å². The topological polar surface area (TPSA) is 171 Å². The number of hydrogen-bond acceptors (Lipinski definition) is 10. The average Bonchev–Trinajstić information content (AvgIpc) is 3.07. The van der Waals surface area contributed by atoms with Gasteiger partial charge >= 0.3 is 0 Å². The maximum Gasteiger partial charge on any atom is 0.187 e. The molecular weight excluding hydrogens is 520 g/mol. The lowest BCUT2D eigenvalue weighted by molar-refractivity contribution is -0.311. The summed E-state index contributed by atoms with van der Waals surface area (Å²) < 4.78 is 11.6. The smallest absolute Gasteiger partial charge is 0.187 e. The quantitative estimate of drug-likeness (QED) is 0.306. The fraction of sp³-hybridized carbons (Fsp3) is 0.833. The molecule has 4 fully saturated rings. The van der Waals surface area contributed by atoms with Crippen molar-refractivity contribution >= 4 is 17.3 Å². The summed E-state index contributed by atoms with van der Waals surface area (Å²) in [5, 5.41) is 51.6. The molecule has 0 spiro atoms. The number of allylic oxidation sites excluding steroid dienone is 2. The number of carbonyl (C=O) groups is 3. The Kier molecular flexibility index (Phi) is 7.10. The standard InChI is InChI=1S/C30H44O10/c1-13(32)21-16(33)10-28(4)19-8-7-14-15(30(19,6)20(34)11-29(21,28)5)9-17(25(38)27(14,2)3)39-26-24(37)23(36)22(35)18(12-31)40-26/h7,15-19,21-24,26,31,33,35-37H,8-12H2,1-6H3. The molecule has 10 nitrogen and oxygen atoms in total. The molecule has 13 atom stereocenters. The van der Waals surface area contributed by atoms with Crippen LogP contribution < -0.4 is 0 Å². The van der Waals surface area contributed by atoms with Crippen molar-refractivity contribution in [3.8, 4) is 0 Å². The van der Waals surface area contributed by atoms with Crippen LogP contribution in [0.4, 0.5) is 0 Å². The van der Waals surface area contributed by atoms with Crippen LogP contribution in [0.1, 0.15) is 67.2 Å². The number of aliphatic hydroxyl groups excluding tert-OH is 5. The van der Waals surface area contributed by atoms with E-state index in [0.29, 0.717) is 12.8 Å². The first kappa shape index (κ1) is 29.9. The lowest BCUT2D eigenvalue weighted by atomic mass is 9.39. The number of rotatable bonds is 4. The highest BCUT2D eigenvalue weighted by molar-refractivity contribution is 5.95. The molecule has 1 saturated heterocycles. The minimum absolute atomic E-state index is 0.00478. The van der Waals surface area contributed by atoms with Gasteiger partial charge in [-0.05, 0) is 62.7 Å². The molecule has 0 bridgehead atoms. The number of Topliss-reactive ketones (excluding diaryl/α,β-unsaturated/α-hetero) is 3. The summed E-state index contributed by atoms with van der Waals surface area (Å²) in [5.74, 6) is -1.54. The summed E-state index contributed by atoms with van der Waals surface area (Å²) in [7, 11) is 0. The molecule has 0 aromatic heterocycles. The highest BCUT2D eigenvalue weighted by Gasteiger charge is 2.73. The van der Waals surface area contributed by atoms with E-state index in [-0.39, 0.29) is 42.0 Å². The number of ketones is 3. The van der Waals surface area contributed by atoms with Gasteiger partial charge in [-0.25, -0.2) is 0 Å². The summed E-state index contributed by atoms with van der Waals surface area (Å²) >= 11 is 0. The molecule has 10 heteroatoms. The Morgan fingerprint density at radius 1 is 1.02 bits per heavy atom. The number of aliphatic hydroxyl groups is 5. The van der Waals surface area contributed by atoms with Gasteiger partial charge in [-0.2, -0.15) is 0 Å². The van der Waals surface area contributed by atoms with E-state index in [1.165, 1.54) is 6.92 Å². The van der Waals surface area contributed by atoms with Crippen LogP contribution in [0, 0.1) is 39.4 Å². The number of carbonyl (C=O) groups excluding carboxylic acids is 3. The molecule has 224 valence electrons. The molecule has 1 aliphatic heterocycles. The monoisotopic (exact) mass is 564 g/mol. The third-order valence-electron chi connectivity index (χ3n) is 12.0. The maximum atomic E-state index is 14.3. The van der Waals surface area contributed by atoms with Crippen molar-refractivity contribution in [1.29, 1.82) is 0 Å². The summed E-state index contributed by atoms with van der Waals surface area (Å²) in [6.45, 7) is 10.5. The summed E-state index contributed by atoms with van der Waals surface area (Å²) in [6.07, 6.45) is -6.10. The van der Waals surface area contributed by atoms with Crippen molar-refractivity contribution in [2.24, 2.45) is 39.4 Å². The molecule has 0 aromatic carbocycles. The predicted molar refractivity (Wildman–Crippen MR) is 140 cm³/mol. The van der Waals surface area contributed by atoms with E-state index in [1.54, 1.807) is 13.8 Å². The fourth-order valence-corrected chi connectivity index (χ4v) is 9.56. The number of ether oxygens (including phenoxy) is 2. The van der Waals surface area contributed by atoms with Gasteiger partial charge in [0.1, 0.15) is 42.1 Å². The zero-order valence-corrected chi connectivity index (χ0v) is 24.2. The average molecular weight is 565 g/mol. The van der Waals surface area contributed by atoms with Crippen LogP contribution in [0.2, 0.25) is 0 Å². The second-order valence-electron chi connectivity index (χ2n) is 14.1. The van der Waals surface area contributed by atoms with Crippen LogP contribution >= 0.6 is 0 Å². The van der Waals surface area contributed by atoms with Crippen molar-refractivity contribution < 1.29 is 49.4 Å². The minimum Gasteiger partial charge on any atom is -0.394 e. The number of fused-ring (bicyclic) bond motifs is 5.